The van der Waals surface area contributed by atoms with Crippen LogP contribution in [0.25, 0.3) is 0 Å². The quantitative estimate of drug-likeness (QED) is 0.604. The van der Waals surface area contributed by atoms with Crippen LogP contribution in [-0.2, 0) is 12.7 Å². The van der Waals surface area contributed by atoms with E-state index in [1.807, 2.05) is 0 Å². The molecule has 1 heterocycles. The van der Waals surface area contributed by atoms with Crippen LogP contribution in [0.2, 0.25) is 0 Å². The minimum atomic E-state index is -4.70. The highest BCUT2D eigenvalue weighted by Gasteiger charge is 2.38. The fraction of sp³-hybridized carbons (Fsp3) is 0.500. The Hall–Kier alpha value is -1.07. The number of aryl methyl sites for hydroxylation is 1. The number of hydrogen-bond donors (Lipinski definition) is 0. The van der Waals surface area contributed by atoms with Crippen LogP contribution < -0.4 is 0 Å². The molecule has 0 fully saturated rings. The molecule has 6 heteroatoms. The summed E-state index contributed by atoms with van der Waals surface area (Å²) < 4.78 is 49.0. The summed E-state index contributed by atoms with van der Waals surface area (Å²) in [4.78, 5) is 0. The maximum atomic E-state index is 12.4. The number of alkyl halides is 3. The second-order valence-corrected chi connectivity index (χ2v) is 2.09. The van der Waals surface area contributed by atoms with Crippen LogP contribution in [0, 0.1) is 12.0 Å². The Morgan fingerprint density at radius 3 is 2.42 bits per heavy atom. The van der Waals surface area contributed by atoms with Gasteiger partial charge in [-0.25, -0.2) is 4.39 Å². The smallest absolute Gasteiger partial charge is 0.257 e. The lowest BCUT2D eigenvalue weighted by atomic mass is 10.4. The van der Waals surface area contributed by atoms with E-state index in [4.69, 9.17) is 0 Å². The predicted octanol–water partition coefficient (Wildman–Crippen LogP) is 1.86. The fourth-order valence-corrected chi connectivity index (χ4v) is 0.820. The van der Waals surface area contributed by atoms with E-state index in [-0.39, 0.29) is 6.54 Å². The van der Waals surface area contributed by atoms with Gasteiger partial charge in [-0.05, 0) is 6.92 Å². The Morgan fingerprint density at radius 2 is 2.08 bits per heavy atom. The molecule has 1 aromatic heterocycles. The van der Waals surface area contributed by atoms with Crippen molar-refractivity contribution in [2.45, 2.75) is 19.6 Å². The van der Waals surface area contributed by atoms with E-state index in [0.717, 1.165) is 0 Å². The molecular weight excluding hydrogens is 176 g/mol. The van der Waals surface area contributed by atoms with E-state index in [1.54, 1.807) is 6.20 Å². The van der Waals surface area contributed by atoms with Crippen LogP contribution in [0.15, 0.2) is 0 Å². The highest BCUT2D eigenvalue weighted by molar-refractivity contribution is 5.07. The third-order valence-corrected chi connectivity index (χ3v) is 1.30. The molecule has 0 amide bonds. The molecule has 0 aliphatic carbocycles. The zero-order valence-electron chi connectivity index (χ0n) is 6.11. The topological polar surface area (TPSA) is 17.8 Å². The maximum absolute atomic E-state index is 12.4. The van der Waals surface area contributed by atoms with Gasteiger partial charge in [0.1, 0.15) is 0 Å². The summed E-state index contributed by atoms with van der Waals surface area (Å²) in [5.74, 6) is -1.45. The van der Waals surface area contributed by atoms with Crippen molar-refractivity contribution in [3.63, 3.8) is 0 Å². The van der Waals surface area contributed by atoms with Gasteiger partial charge in [-0.15, -0.1) is 0 Å². The maximum Gasteiger partial charge on any atom is 0.436 e. The summed E-state index contributed by atoms with van der Waals surface area (Å²) in [5.41, 5.74) is -1.37. The Labute approximate surface area is 65.8 Å². The monoisotopic (exact) mass is 181 g/mol. The third-order valence-electron chi connectivity index (χ3n) is 1.30. The first kappa shape index (κ1) is 9.02. The van der Waals surface area contributed by atoms with Crippen LogP contribution >= 0.6 is 0 Å². The molecule has 12 heavy (non-hydrogen) atoms. The largest absolute Gasteiger partial charge is 0.436 e. The van der Waals surface area contributed by atoms with Gasteiger partial charge in [0.05, 0.1) is 0 Å². The fourth-order valence-electron chi connectivity index (χ4n) is 0.820. The Morgan fingerprint density at radius 1 is 1.50 bits per heavy atom. The molecule has 0 aliphatic heterocycles. The van der Waals surface area contributed by atoms with E-state index in [0.29, 0.717) is 4.68 Å². The normalized spacial score (nSPS) is 12.1. The van der Waals surface area contributed by atoms with E-state index < -0.39 is 17.7 Å². The third kappa shape index (κ3) is 1.41. The van der Waals surface area contributed by atoms with Crippen molar-refractivity contribution in [3.05, 3.63) is 17.7 Å². The van der Waals surface area contributed by atoms with Crippen LogP contribution in [0.3, 0.4) is 0 Å². The molecule has 1 rings (SSSR count). The molecule has 0 aromatic carbocycles. The molecule has 0 atom stereocenters. The van der Waals surface area contributed by atoms with Crippen molar-refractivity contribution >= 4 is 0 Å². The number of aromatic nitrogens is 2. The molecule has 0 bridgehead atoms. The molecule has 0 N–H and O–H groups in total. The molecule has 0 spiro atoms. The van der Waals surface area contributed by atoms with Gasteiger partial charge in [-0.2, -0.15) is 18.3 Å². The summed E-state index contributed by atoms with van der Waals surface area (Å²) in [5, 5.41) is 3.10. The zero-order chi connectivity index (χ0) is 9.35. The lowest BCUT2D eigenvalue weighted by molar-refractivity contribution is -0.146. The number of hydrogen-bond acceptors (Lipinski definition) is 1. The first-order chi connectivity index (χ1) is 5.46. The minimum absolute atomic E-state index is 0.0325. The Bertz CT molecular complexity index is 276. The first-order valence-electron chi connectivity index (χ1n) is 3.18. The molecule has 1 aromatic rings. The minimum Gasteiger partial charge on any atom is -0.257 e. The number of rotatable bonds is 1. The number of halogens is 4. The van der Waals surface area contributed by atoms with E-state index >= 15 is 0 Å². The van der Waals surface area contributed by atoms with Crippen molar-refractivity contribution in [2.24, 2.45) is 0 Å². The van der Waals surface area contributed by atoms with Crippen LogP contribution in [0.5, 0.6) is 0 Å². The second-order valence-electron chi connectivity index (χ2n) is 2.09. The van der Waals surface area contributed by atoms with Crippen molar-refractivity contribution in [1.82, 2.24) is 9.78 Å². The molecule has 0 saturated heterocycles. The van der Waals surface area contributed by atoms with Gasteiger partial charge >= 0.3 is 6.18 Å². The van der Waals surface area contributed by atoms with Crippen molar-refractivity contribution < 1.29 is 17.6 Å². The lowest BCUT2D eigenvalue weighted by Gasteiger charge is -2.07. The highest BCUT2D eigenvalue weighted by Crippen LogP contribution is 2.30. The van der Waals surface area contributed by atoms with E-state index in [1.165, 1.54) is 6.92 Å². The second kappa shape index (κ2) is 2.76. The Balaban J connectivity index is 3.19. The standard InChI is InChI=1S/C6H5F4N2/c1-2-12-5(6(8,9)10)4(7)3-11-12/h2H2,1H3. The predicted molar refractivity (Wildman–Crippen MR) is 31.7 cm³/mol. The van der Waals surface area contributed by atoms with Gasteiger partial charge in [-0.3, -0.25) is 4.68 Å². The summed E-state index contributed by atoms with van der Waals surface area (Å²) >= 11 is 0. The van der Waals surface area contributed by atoms with Crippen LogP contribution in [-0.4, -0.2) is 9.78 Å². The van der Waals surface area contributed by atoms with Gasteiger partial charge in [-0.1, -0.05) is 0 Å². The van der Waals surface area contributed by atoms with Crippen molar-refractivity contribution in [3.8, 4) is 0 Å². The first-order valence-corrected chi connectivity index (χ1v) is 3.18. The van der Waals surface area contributed by atoms with Gasteiger partial charge in [0, 0.05) is 6.54 Å². The molecule has 67 valence electrons. The van der Waals surface area contributed by atoms with Crippen molar-refractivity contribution in [2.75, 3.05) is 0 Å². The van der Waals surface area contributed by atoms with Crippen LogP contribution in [0.1, 0.15) is 12.6 Å². The summed E-state index contributed by atoms with van der Waals surface area (Å²) in [6.07, 6.45) is -3.08. The van der Waals surface area contributed by atoms with Gasteiger partial charge in [0.2, 0.25) is 0 Å². The van der Waals surface area contributed by atoms with Gasteiger partial charge in [0.15, 0.2) is 17.7 Å². The molecule has 0 unspecified atom stereocenters. The summed E-state index contributed by atoms with van der Waals surface area (Å²) in [6, 6.07) is 0. The molecular formula is C6H5F4N2. The molecule has 2 nitrogen and oxygen atoms in total. The zero-order valence-corrected chi connectivity index (χ0v) is 6.11. The molecule has 1 radical (unpaired) electrons. The van der Waals surface area contributed by atoms with Crippen LogP contribution in [0.4, 0.5) is 17.6 Å². The van der Waals surface area contributed by atoms with Gasteiger partial charge < -0.3 is 0 Å². The highest BCUT2D eigenvalue weighted by atomic mass is 19.4. The average Bonchev–Trinajstić information content (AvgIpc) is 2.29. The molecule has 0 saturated carbocycles. The van der Waals surface area contributed by atoms with E-state index in [2.05, 4.69) is 5.10 Å². The van der Waals surface area contributed by atoms with E-state index in [9.17, 15) is 17.6 Å². The summed E-state index contributed by atoms with van der Waals surface area (Å²) in [6.45, 7) is 1.41. The Kier molecular flexibility index (Phi) is 2.08. The van der Waals surface area contributed by atoms with Crippen molar-refractivity contribution in [1.29, 1.82) is 0 Å². The SMILES string of the molecule is CCn1n[c]c(F)c1C(F)(F)F. The number of nitrogens with zero attached hydrogens (tertiary/aromatic N) is 2. The average molecular weight is 181 g/mol. The lowest BCUT2D eigenvalue weighted by Crippen LogP contribution is -2.15. The molecule has 0 aliphatic rings. The van der Waals surface area contributed by atoms with Gasteiger partial charge in [0.25, 0.3) is 0 Å². The summed E-state index contributed by atoms with van der Waals surface area (Å²) in [7, 11) is 0.